The fourth-order valence-corrected chi connectivity index (χ4v) is 4.50. The van der Waals surface area contributed by atoms with Crippen LogP contribution in [-0.2, 0) is 10.0 Å². The minimum atomic E-state index is -4.09. The van der Waals surface area contributed by atoms with E-state index in [9.17, 15) is 23.6 Å². The van der Waals surface area contributed by atoms with Crippen LogP contribution < -0.4 is 4.72 Å². The molecule has 0 aliphatic rings. The minimum absolute atomic E-state index is 0.119. The van der Waals surface area contributed by atoms with E-state index in [0.29, 0.717) is 16.6 Å². The third-order valence-electron chi connectivity index (χ3n) is 5.00. The number of nitrogens with zero attached hydrogens (tertiary/aromatic N) is 3. The number of aromatic amines is 1. The second-order valence-corrected chi connectivity index (χ2v) is 9.08. The predicted molar refractivity (Wildman–Crippen MR) is 124 cm³/mol. The summed E-state index contributed by atoms with van der Waals surface area (Å²) in [5.41, 5.74) is 2.11. The molecule has 0 unspecified atom stereocenters. The number of aromatic nitrogens is 1. The zero-order valence-electron chi connectivity index (χ0n) is 17.6. The number of para-hydroxylation sites is 1. The highest BCUT2D eigenvalue weighted by atomic mass is 32.2. The zero-order valence-corrected chi connectivity index (χ0v) is 18.4. The van der Waals surface area contributed by atoms with Gasteiger partial charge in [-0.25, -0.2) is 8.42 Å². The number of H-pyrrole nitrogens is 1. The van der Waals surface area contributed by atoms with Crippen molar-refractivity contribution in [2.45, 2.75) is 18.7 Å². The molecule has 33 heavy (non-hydrogen) atoms. The average molecular weight is 465 g/mol. The molecule has 0 fully saturated rings. The number of fused-ring (bicyclic) bond motifs is 1. The van der Waals surface area contributed by atoms with Gasteiger partial charge in [-0.15, -0.1) is 10.2 Å². The molecule has 0 aliphatic carbocycles. The van der Waals surface area contributed by atoms with E-state index in [1.54, 1.807) is 43.3 Å². The third kappa shape index (κ3) is 4.39. The molecule has 11 heteroatoms. The second kappa shape index (κ2) is 8.36. The maximum absolute atomic E-state index is 12.8. The molecule has 3 N–H and O–H groups in total. The molecule has 0 aliphatic heterocycles. The van der Waals surface area contributed by atoms with Crippen LogP contribution in [-0.4, -0.2) is 23.4 Å². The summed E-state index contributed by atoms with van der Waals surface area (Å²) in [7, 11) is -4.09. The first kappa shape index (κ1) is 22.0. The van der Waals surface area contributed by atoms with E-state index in [4.69, 9.17) is 0 Å². The van der Waals surface area contributed by atoms with Crippen molar-refractivity contribution >= 4 is 43.7 Å². The topological polar surface area (TPSA) is 150 Å². The maximum Gasteiger partial charge on any atom is 0.298 e. The number of hydrogen-bond donors (Lipinski definition) is 3. The number of hydrogen-bond acceptors (Lipinski definition) is 7. The van der Waals surface area contributed by atoms with Crippen LogP contribution in [0.1, 0.15) is 11.1 Å². The summed E-state index contributed by atoms with van der Waals surface area (Å²) >= 11 is 0. The van der Waals surface area contributed by atoms with Gasteiger partial charge in [-0.3, -0.25) is 14.8 Å². The van der Waals surface area contributed by atoms with Crippen molar-refractivity contribution in [3.8, 4) is 5.88 Å². The molecule has 10 nitrogen and oxygen atoms in total. The largest absolute Gasteiger partial charge is 0.493 e. The lowest BCUT2D eigenvalue weighted by molar-refractivity contribution is -0.384. The van der Waals surface area contributed by atoms with Gasteiger partial charge in [-0.2, -0.15) is 0 Å². The second-order valence-electron chi connectivity index (χ2n) is 7.40. The average Bonchev–Trinajstić information content (AvgIpc) is 3.09. The number of rotatable bonds is 6. The highest BCUT2D eigenvalue weighted by Crippen LogP contribution is 2.38. The number of sulfonamides is 1. The molecule has 0 spiro atoms. The Morgan fingerprint density at radius 2 is 1.79 bits per heavy atom. The molecule has 4 rings (SSSR count). The first-order valence-electron chi connectivity index (χ1n) is 9.75. The summed E-state index contributed by atoms with van der Waals surface area (Å²) in [5.74, 6) is -0.237. The molecule has 0 radical (unpaired) electrons. The fourth-order valence-electron chi connectivity index (χ4n) is 3.35. The summed E-state index contributed by atoms with van der Waals surface area (Å²) in [6.45, 7) is 3.65. The van der Waals surface area contributed by atoms with Gasteiger partial charge in [0.1, 0.15) is 0 Å². The summed E-state index contributed by atoms with van der Waals surface area (Å²) in [4.78, 5) is 13.3. The highest BCUT2D eigenvalue weighted by molar-refractivity contribution is 7.92. The lowest BCUT2D eigenvalue weighted by Crippen LogP contribution is -2.14. The highest BCUT2D eigenvalue weighted by Gasteiger charge is 2.22. The molecule has 3 aromatic carbocycles. The molecule has 0 atom stereocenters. The molecule has 0 bridgehead atoms. The quantitative estimate of drug-likeness (QED) is 0.192. The van der Waals surface area contributed by atoms with Crippen molar-refractivity contribution in [2.75, 3.05) is 4.72 Å². The van der Waals surface area contributed by atoms with Gasteiger partial charge < -0.3 is 10.1 Å². The molecule has 4 aromatic rings. The Kier molecular flexibility index (Phi) is 5.56. The minimum Gasteiger partial charge on any atom is -0.493 e. The number of nitro benzene ring substituents is 1. The van der Waals surface area contributed by atoms with E-state index in [1.165, 1.54) is 12.1 Å². The van der Waals surface area contributed by atoms with Crippen molar-refractivity contribution < 1.29 is 18.4 Å². The summed E-state index contributed by atoms with van der Waals surface area (Å²) in [6, 6.07) is 15.5. The molecule has 0 amide bonds. The summed E-state index contributed by atoms with van der Waals surface area (Å²) in [5, 5.41) is 30.2. The molecular weight excluding hydrogens is 446 g/mol. The molecule has 0 saturated carbocycles. The fraction of sp³-hybridized carbons (Fsp3) is 0.0909. The zero-order chi connectivity index (χ0) is 23.8. The van der Waals surface area contributed by atoms with Crippen LogP contribution >= 0.6 is 0 Å². The van der Waals surface area contributed by atoms with Crippen LogP contribution in [0.5, 0.6) is 5.88 Å². The number of azo groups is 1. The Bertz CT molecular complexity index is 1530. The SMILES string of the molecule is Cc1ccc(NS(=O)(=O)c2ccc(N=Nc3c(O)[nH]c4ccccc34)c([N+](=O)[O-])c2)c(C)c1. The van der Waals surface area contributed by atoms with Gasteiger partial charge in [0, 0.05) is 11.5 Å². The lowest BCUT2D eigenvalue weighted by Gasteiger charge is -2.11. The number of anilines is 1. The summed E-state index contributed by atoms with van der Waals surface area (Å²) in [6.07, 6.45) is 0. The number of aryl methyl sites for hydroxylation is 2. The van der Waals surface area contributed by atoms with E-state index < -0.39 is 20.6 Å². The van der Waals surface area contributed by atoms with Gasteiger partial charge in [-0.1, -0.05) is 35.9 Å². The number of benzene rings is 3. The molecule has 0 saturated heterocycles. The van der Waals surface area contributed by atoms with Crippen LogP contribution in [0.4, 0.5) is 22.7 Å². The van der Waals surface area contributed by atoms with E-state index in [2.05, 4.69) is 19.9 Å². The molecule has 168 valence electrons. The Morgan fingerprint density at radius 1 is 1.03 bits per heavy atom. The van der Waals surface area contributed by atoms with Crippen LogP contribution in [0.15, 0.2) is 75.8 Å². The van der Waals surface area contributed by atoms with Gasteiger partial charge >= 0.3 is 0 Å². The van der Waals surface area contributed by atoms with E-state index >= 15 is 0 Å². The van der Waals surface area contributed by atoms with Gasteiger partial charge in [0.25, 0.3) is 15.7 Å². The van der Waals surface area contributed by atoms with Crippen molar-refractivity contribution in [3.05, 3.63) is 81.9 Å². The Balaban J connectivity index is 1.70. The first-order chi connectivity index (χ1) is 15.7. The van der Waals surface area contributed by atoms with Crippen molar-refractivity contribution in [1.82, 2.24) is 4.98 Å². The van der Waals surface area contributed by atoms with Crippen LogP contribution in [0.3, 0.4) is 0 Å². The molecular formula is C22H19N5O5S. The van der Waals surface area contributed by atoms with Gasteiger partial charge in [0.2, 0.25) is 5.88 Å². The molecule has 1 heterocycles. The van der Waals surface area contributed by atoms with E-state index in [0.717, 1.165) is 17.2 Å². The Labute approximate surface area is 188 Å². The van der Waals surface area contributed by atoms with Crippen LogP contribution in [0.2, 0.25) is 0 Å². The van der Waals surface area contributed by atoms with Crippen LogP contribution in [0.25, 0.3) is 10.9 Å². The van der Waals surface area contributed by atoms with Crippen molar-refractivity contribution in [1.29, 1.82) is 0 Å². The monoisotopic (exact) mass is 465 g/mol. The normalized spacial score (nSPS) is 11.8. The lowest BCUT2D eigenvalue weighted by atomic mass is 10.1. The smallest absolute Gasteiger partial charge is 0.298 e. The van der Waals surface area contributed by atoms with E-state index in [-0.39, 0.29) is 22.2 Å². The number of nitro groups is 1. The van der Waals surface area contributed by atoms with Gasteiger partial charge in [0.15, 0.2) is 11.4 Å². The van der Waals surface area contributed by atoms with Gasteiger partial charge in [0.05, 0.1) is 21.0 Å². The van der Waals surface area contributed by atoms with E-state index in [1.807, 2.05) is 13.0 Å². The summed E-state index contributed by atoms with van der Waals surface area (Å²) < 4.78 is 28.1. The first-order valence-corrected chi connectivity index (χ1v) is 11.2. The van der Waals surface area contributed by atoms with Gasteiger partial charge in [-0.05, 0) is 43.7 Å². The van der Waals surface area contributed by atoms with Crippen molar-refractivity contribution in [2.24, 2.45) is 10.2 Å². The maximum atomic E-state index is 12.8. The van der Waals surface area contributed by atoms with Crippen molar-refractivity contribution in [3.63, 3.8) is 0 Å². The Morgan fingerprint density at radius 3 is 2.52 bits per heavy atom. The number of aromatic hydroxyl groups is 1. The predicted octanol–water partition coefficient (Wildman–Crippen LogP) is 5.61. The molecule has 1 aromatic heterocycles. The number of nitrogens with one attached hydrogen (secondary N) is 2. The Hall–Kier alpha value is -4.25. The standard InChI is InChI=1S/C22H19N5O5S/c1-13-7-9-17(14(2)11-13)26-33(31,32)15-8-10-19(20(12-15)27(29)30)24-25-21-16-5-3-4-6-18(16)23-22(21)28/h3-12,23,26,28H,1-2H3. The third-order valence-corrected chi connectivity index (χ3v) is 6.36. The van der Waals surface area contributed by atoms with Crippen LogP contribution in [0, 0.1) is 24.0 Å².